The molecule has 0 aromatic heterocycles. The number of hydrogen-bond acceptors (Lipinski definition) is 3. The molecule has 1 N–H and O–H groups in total. The maximum absolute atomic E-state index is 14.1. The molecule has 0 amide bonds. The topological polar surface area (TPSA) is 46.5 Å². The molecule has 0 saturated carbocycles. The van der Waals surface area contributed by atoms with Crippen LogP contribution in [0.3, 0.4) is 0 Å². The van der Waals surface area contributed by atoms with Gasteiger partial charge in [-0.1, -0.05) is 41.5 Å². The van der Waals surface area contributed by atoms with Gasteiger partial charge in [0.05, 0.1) is 5.85 Å². The van der Waals surface area contributed by atoms with Crippen LogP contribution in [0.1, 0.15) is 59.4 Å². The van der Waals surface area contributed by atoms with Crippen LogP contribution in [0, 0.1) is 0 Å². The third-order valence-electron chi connectivity index (χ3n) is 4.43. The molecule has 2 aromatic rings. The summed E-state index contributed by atoms with van der Waals surface area (Å²) in [6.07, 6.45) is 0.561. The second-order valence-corrected chi connectivity index (χ2v) is 12.9. The first-order chi connectivity index (χ1) is 12.1. The van der Waals surface area contributed by atoms with Crippen molar-refractivity contribution < 1.29 is 31.5 Å². The summed E-state index contributed by atoms with van der Waals surface area (Å²) >= 11 is 0. The predicted molar refractivity (Wildman–Crippen MR) is 112 cm³/mol. The molecule has 2 rings (SSSR count). The molecule has 3 nitrogen and oxygen atoms in total. The second-order valence-electron chi connectivity index (χ2n) is 8.48. The normalized spacial score (nSPS) is 13.3. The zero-order chi connectivity index (χ0) is 19.8. The van der Waals surface area contributed by atoms with Gasteiger partial charge < -0.3 is 44.7 Å². The first-order valence-electron chi connectivity index (χ1n) is 9.26. The van der Waals surface area contributed by atoms with Gasteiger partial charge in [0.25, 0.3) is 0 Å². The Bertz CT molecular complexity index is 599. The molecule has 0 spiro atoms. The van der Waals surface area contributed by atoms with Crippen LogP contribution in [-0.4, -0.2) is 28.6 Å². The van der Waals surface area contributed by atoms with E-state index in [1.54, 1.807) is 0 Å². The molecule has 0 radical (unpaired) electrons. The van der Waals surface area contributed by atoms with Gasteiger partial charge in [0, 0.05) is 40.6 Å². The molecule has 0 fully saturated rings. The van der Waals surface area contributed by atoms with Gasteiger partial charge in [-0.15, -0.1) is 5.56 Å². The number of hydrogen-bond donors (Lipinski definition) is 1. The molecule has 27 heavy (non-hydrogen) atoms. The molecule has 0 bridgehead atoms. The van der Waals surface area contributed by atoms with Crippen LogP contribution < -0.4 is 0 Å². The summed E-state index contributed by atoms with van der Waals surface area (Å²) in [6, 6.07) is 17.9. The summed E-state index contributed by atoms with van der Waals surface area (Å²) in [4.78, 5) is 0. The fourth-order valence-corrected chi connectivity index (χ4v) is 7.58. The molecule has 5 heteroatoms. The minimum atomic E-state index is -2.73. The minimum absolute atomic E-state index is 0. The summed E-state index contributed by atoms with van der Waals surface area (Å²) in [7, 11) is -2.73. The van der Waals surface area contributed by atoms with Gasteiger partial charge in [0.15, 0.2) is 0 Å². The Kier molecular flexibility index (Phi) is 11.1. The molecule has 0 aliphatic rings. The van der Waals surface area contributed by atoms with Gasteiger partial charge in [-0.05, 0) is 6.42 Å². The third kappa shape index (κ3) is 7.04. The van der Waals surface area contributed by atoms with Crippen LogP contribution in [0.5, 0.6) is 0 Å². The van der Waals surface area contributed by atoms with Gasteiger partial charge >= 0.3 is 0 Å². The Hall–Kier alpha value is -0.631. The molecule has 1 unspecified atom stereocenters. The Balaban J connectivity index is 0.000000969. The van der Waals surface area contributed by atoms with Crippen molar-refractivity contribution in [3.8, 4) is 0 Å². The van der Waals surface area contributed by atoms with E-state index in [1.807, 2.05) is 96.1 Å². The van der Waals surface area contributed by atoms with Crippen molar-refractivity contribution in [3.63, 3.8) is 0 Å². The zero-order valence-electron chi connectivity index (χ0n) is 17.5. The summed E-state index contributed by atoms with van der Waals surface area (Å²) < 4.78 is 20.1. The van der Waals surface area contributed by atoms with Crippen LogP contribution in [0.15, 0.2) is 54.6 Å². The SMILES string of the molecule is CC(C)(C)P(=O)(C(OCCCO)[c-]1cccc1)C(C)(C)C.[Fe].[cH-]1[cH-][cH-][cH-][cH-]1. The van der Waals surface area contributed by atoms with Crippen LogP contribution in [0.25, 0.3) is 0 Å². The number of ether oxygens (including phenoxy) is 1. The van der Waals surface area contributed by atoms with E-state index in [0.717, 1.165) is 5.56 Å². The van der Waals surface area contributed by atoms with E-state index in [1.165, 1.54) is 0 Å². The van der Waals surface area contributed by atoms with Crippen molar-refractivity contribution in [1.82, 2.24) is 0 Å². The van der Waals surface area contributed by atoms with Gasteiger partial charge in [-0.3, -0.25) is 0 Å². The predicted octanol–water partition coefficient (Wildman–Crippen LogP) is 6.17. The summed E-state index contributed by atoms with van der Waals surface area (Å²) in [5, 5.41) is 8.27. The Labute approximate surface area is 176 Å². The van der Waals surface area contributed by atoms with E-state index in [-0.39, 0.29) is 34.0 Å². The van der Waals surface area contributed by atoms with Gasteiger partial charge in [0.2, 0.25) is 0 Å². The fraction of sp³-hybridized carbons (Fsp3) is 0.545. The smallest absolute Gasteiger partial charge is 0.118 e. The van der Waals surface area contributed by atoms with Gasteiger partial charge in [-0.2, -0.15) is 12.1 Å². The van der Waals surface area contributed by atoms with Gasteiger partial charge in [-0.25, -0.2) is 12.1 Å². The summed E-state index contributed by atoms with van der Waals surface area (Å²) in [5.74, 6) is -0.418. The Morgan fingerprint density at radius 2 is 1.37 bits per heavy atom. The first kappa shape index (κ1) is 26.4. The average molecular weight is 434 g/mol. The Morgan fingerprint density at radius 3 is 1.70 bits per heavy atom. The van der Waals surface area contributed by atoms with Crippen LogP contribution in [0.2, 0.25) is 0 Å². The monoisotopic (exact) mass is 434 g/mol. The molecular formula is C22H35FeO3P-6. The van der Waals surface area contributed by atoms with Crippen LogP contribution >= 0.6 is 7.14 Å². The molecule has 0 heterocycles. The maximum Gasteiger partial charge on any atom is 0.118 e. The van der Waals surface area contributed by atoms with E-state index in [2.05, 4.69) is 0 Å². The Morgan fingerprint density at radius 1 is 0.963 bits per heavy atom. The first-order valence-corrected chi connectivity index (χ1v) is 11.0. The third-order valence-corrected chi connectivity index (χ3v) is 9.52. The van der Waals surface area contributed by atoms with E-state index in [4.69, 9.17) is 9.84 Å². The molecule has 0 saturated heterocycles. The van der Waals surface area contributed by atoms with Crippen molar-refractivity contribution in [2.75, 3.05) is 13.2 Å². The molecule has 0 aliphatic heterocycles. The van der Waals surface area contributed by atoms with Crippen LogP contribution in [-0.2, 0) is 26.4 Å². The molecule has 2 aromatic carbocycles. The second kappa shape index (κ2) is 11.4. The minimum Gasteiger partial charge on any atom is -0.748 e. The fourth-order valence-electron chi connectivity index (χ4n) is 3.25. The molecule has 0 aliphatic carbocycles. The van der Waals surface area contributed by atoms with Crippen LogP contribution in [0.4, 0.5) is 0 Å². The van der Waals surface area contributed by atoms with E-state index in [9.17, 15) is 4.57 Å². The maximum atomic E-state index is 14.1. The number of aliphatic hydroxyl groups excluding tert-OH is 1. The van der Waals surface area contributed by atoms with E-state index < -0.39 is 13.0 Å². The quantitative estimate of drug-likeness (QED) is 0.256. The van der Waals surface area contributed by atoms with E-state index >= 15 is 0 Å². The van der Waals surface area contributed by atoms with Crippen molar-refractivity contribution in [2.24, 2.45) is 0 Å². The van der Waals surface area contributed by atoms with Crippen molar-refractivity contribution >= 4 is 7.14 Å². The van der Waals surface area contributed by atoms with Crippen molar-refractivity contribution in [3.05, 3.63) is 60.2 Å². The van der Waals surface area contributed by atoms with Crippen molar-refractivity contribution in [2.45, 2.75) is 64.1 Å². The standard InChI is InChI=1S/C17H30O3P.C5H5.Fe/c1-16(2,3)21(19,17(4,5)6)15(20-13-9-12-18)14-10-7-8-11-14;1-2-4-5-3-1;/h7-8,10-11,15,18H,9,12-13H2,1-6H3;1-5H;/q-1;-5;. The zero-order valence-corrected chi connectivity index (χ0v) is 19.5. The summed E-state index contributed by atoms with van der Waals surface area (Å²) in [6.45, 7) is 12.7. The molecule has 1 atom stereocenters. The number of aliphatic hydroxyl groups is 1. The molecular weight excluding hydrogens is 399 g/mol. The van der Waals surface area contributed by atoms with E-state index in [0.29, 0.717) is 13.0 Å². The largest absolute Gasteiger partial charge is 0.748 e. The number of rotatable bonds is 6. The summed E-state index contributed by atoms with van der Waals surface area (Å²) in [5.41, 5.74) is 0.973. The average Bonchev–Trinajstić information content (AvgIpc) is 3.24. The molecule has 160 valence electrons. The van der Waals surface area contributed by atoms with Gasteiger partial charge in [0.1, 0.15) is 7.14 Å². The van der Waals surface area contributed by atoms with Crippen molar-refractivity contribution in [1.29, 1.82) is 0 Å².